The van der Waals surface area contributed by atoms with Gasteiger partial charge in [-0.1, -0.05) is 36.4 Å². The number of carbonyl (C=O) groups is 3. The van der Waals surface area contributed by atoms with Crippen LogP contribution in [0.3, 0.4) is 0 Å². The largest absolute Gasteiger partial charge is 0.325 e. The van der Waals surface area contributed by atoms with E-state index in [0.29, 0.717) is 22.6 Å². The summed E-state index contributed by atoms with van der Waals surface area (Å²) in [5.74, 6) is -1.17. The van der Waals surface area contributed by atoms with Gasteiger partial charge in [-0.3, -0.25) is 24.2 Å². The maximum absolute atomic E-state index is 13.8. The lowest BCUT2D eigenvalue weighted by molar-refractivity contribution is -0.124. The zero-order chi connectivity index (χ0) is 22.3. The van der Waals surface area contributed by atoms with E-state index in [-0.39, 0.29) is 24.1 Å². The summed E-state index contributed by atoms with van der Waals surface area (Å²) in [6.07, 6.45) is 0. The van der Waals surface area contributed by atoms with Crippen molar-refractivity contribution < 1.29 is 18.8 Å². The summed E-state index contributed by atoms with van der Waals surface area (Å²) < 4.78 is 13.1. The van der Waals surface area contributed by atoms with Crippen LogP contribution < -0.4 is 15.1 Å². The molecule has 2 aliphatic heterocycles. The Balaban J connectivity index is 1.50. The Labute approximate surface area is 188 Å². The van der Waals surface area contributed by atoms with Gasteiger partial charge in [0.1, 0.15) is 12.4 Å². The number of hydrogen-bond donors (Lipinski definition) is 1. The quantitative estimate of drug-likeness (QED) is 0.662. The molecule has 1 N–H and O–H groups in total. The van der Waals surface area contributed by atoms with E-state index >= 15 is 0 Å². The Morgan fingerprint density at radius 2 is 1.66 bits per heavy atom. The predicted octanol–water partition coefficient (Wildman–Crippen LogP) is 3.74. The lowest BCUT2D eigenvalue weighted by Gasteiger charge is -2.33. The molecule has 8 heteroatoms. The standard InChI is InChI=1S/C24H18FN3O3S/c25-16-10-12-17(13-11-16)26-21(29)14-27-20-9-5-4-8-19(20)24(23(27)31)28(22(30)15-32-24)18-6-2-1-3-7-18/h1-13H,14-15H2,(H,26,29). The molecule has 0 aromatic heterocycles. The van der Waals surface area contributed by atoms with Crippen LogP contribution in [-0.2, 0) is 19.3 Å². The van der Waals surface area contributed by atoms with Gasteiger partial charge in [0.05, 0.1) is 11.4 Å². The number of benzene rings is 3. The van der Waals surface area contributed by atoms with E-state index in [1.165, 1.54) is 45.8 Å². The molecule has 1 atom stereocenters. The topological polar surface area (TPSA) is 69.7 Å². The molecule has 3 aromatic rings. The molecule has 5 rings (SSSR count). The molecular formula is C24H18FN3O3S. The summed E-state index contributed by atoms with van der Waals surface area (Å²) in [6.45, 7) is -0.230. The Morgan fingerprint density at radius 3 is 2.41 bits per heavy atom. The van der Waals surface area contributed by atoms with E-state index in [1.807, 2.05) is 30.3 Å². The number of anilines is 3. The molecule has 3 amide bonds. The molecule has 1 fully saturated rings. The molecule has 1 spiro atoms. The normalized spacial score (nSPS) is 19.5. The molecule has 32 heavy (non-hydrogen) atoms. The fourth-order valence-electron chi connectivity index (χ4n) is 4.17. The van der Waals surface area contributed by atoms with Crippen molar-refractivity contribution >= 4 is 46.5 Å². The van der Waals surface area contributed by atoms with Gasteiger partial charge in [-0.25, -0.2) is 4.39 Å². The summed E-state index contributed by atoms with van der Waals surface area (Å²) in [4.78, 5) is 41.2. The minimum absolute atomic E-state index is 0.157. The molecule has 6 nitrogen and oxygen atoms in total. The van der Waals surface area contributed by atoms with Crippen molar-refractivity contribution in [3.8, 4) is 0 Å². The number of nitrogens with zero attached hydrogens (tertiary/aromatic N) is 2. The molecule has 0 saturated carbocycles. The van der Waals surface area contributed by atoms with Crippen molar-refractivity contribution in [1.29, 1.82) is 0 Å². The minimum atomic E-state index is -1.26. The highest BCUT2D eigenvalue weighted by atomic mass is 32.2. The third-order valence-electron chi connectivity index (χ3n) is 5.51. The number of thioether (sulfide) groups is 1. The highest BCUT2D eigenvalue weighted by Crippen LogP contribution is 2.55. The number of halogens is 1. The molecule has 0 bridgehead atoms. The average molecular weight is 447 g/mol. The summed E-state index contributed by atoms with van der Waals surface area (Å²) in [7, 11) is 0. The molecule has 0 aliphatic carbocycles. The molecule has 1 saturated heterocycles. The number of nitrogens with one attached hydrogen (secondary N) is 1. The van der Waals surface area contributed by atoms with Gasteiger partial charge in [0.15, 0.2) is 0 Å². The third kappa shape index (κ3) is 3.15. The SMILES string of the molecule is O=C(CN1C(=O)C2(SCC(=O)N2c2ccccc2)c2ccccc21)Nc1ccc(F)cc1. The van der Waals surface area contributed by atoms with Crippen LogP contribution in [0.2, 0.25) is 0 Å². The van der Waals surface area contributed by atoms with E-state index in [9.17, 15) is 18.8 Å². The van der Waals surface area contributed by atoms with Gasteiger partial charge in [0, 0.05) is 16.9 Å². The van der Waals surface area contributed by atoms with E-state index in [4.69, 9.17) is 0 Å². The van der Waals surface area contributed by atoms with Crippen molar-refractivity contribution in [2.45, 2.75) is 4.87 Å². The molecule has 2 heterocycles. The highest BCUT2D eigenvalue weighted by molar-refractivity contribution is 8.02. The predicted molar refractivity (Wildman–Crippen MR) is 122 cm³/mol. The second-order valence-electron chi connectivity index (χ2n) is 7.46. The number of fused-ring (bicyclic) bond motifs is 2. The van der Waals surface area contributed by atoms with Crippen molar-refractivity contribution in [3.05, 3.63) is 90.2 Å². The number of rotatable bonds is 4. The zero-order valence-corrected chi connectivity index (χ0v) is 17.6. The van der Waals surface area contributed by atoms with Gasteiger partial charge in [-0.15, -0.1) is 11.8 Å². The summed E-state index contributed by atoms with van der Waals surface area (Å²) >= 11 is 1.26. The van der Waals surface area contributed by atoms with E-state index in [1.54, 1.807) is 24.3 Å². The first-order valence-electron chi connectivity index (χ1n) is 9.99. The van der Waals surface area contributed by atoms with Gasteiger partial charge >= 0.3 is 0 Å². The van der Waals surface area contributed by atoms with Crippen molar-refractivity contribution in [3.63, 3.8) is 0 Å². The van der Waals surface area contributed by atoms with Gasteiger partial charge < -0.3 is 5.32 Å². The molecule has 0 radical (unpaired) electrons. The van der Waals surface area contributed by atoms with Crippen LogP contribution in [0.1, 0.15) is 5.56 Å². The summed E-state index contributed by atoms with van der Waals surface area (Å²) in [5, 5.41) is 2.69. The minimum Gasteiger partial charge on any atom is -0.325 e. The molecule has 160 valence electrons. The van der Waals surface area contributed by atoms with Crippen LogP contribution in [0.25, 0.3) is 0 Å². The zero-order valence-electron chi connectivity index (χ0n) is 16.8. The van der Waals surface area contributed by atoms with Gasteiger partial charge in [0.25, 0.3) is 5.91 Å². The van der Waals surface area contributed by atoms with Gasteiger partial charge in [-0.2, -0.15) is 0 Å². The third-order valence-corrected chi connectivity index (χ3v) is 6.89. The Kier molecular flexibility index (Phi) is 4.94. The fraction of sp³-hybridized carbons (Fsp3) is 0.125. The molecule has 1 unspecified atom stereocenters. The van der Waals surface area contributed by atoms with Crippen LogP contribution >= 0.6 is 11.8 Å². The smallest absolute Gasteiger partial charge is 0.269 e. The van der Waals surface area contributed by atoms with Crippen molar-refractivity contribution in [2.75, 3.05) is 27.4 Å². The van der Waals surface area contributed by atoms with E-state index < -0.39 is 16.6 Å². The average Bonchev–Trinajstić information content (AvgIpc) is 3.27. The maximum atomic E-state index is 13.8. The highest BCUT2D eigenvalue weighted by Gasteiger charge is 2.61. The Morgan fingerprint density at radius 1 is 0.969 bits per heavy atom. The lowest BCUT2D eigenvalue weighted by Crippen LogP contribution is -2.50. The molecule has 2 aliphatic rings. The molecule has 3 aromatic carbocycles. The van der Waals surface area contributed by atoms with Crippen LogP contribution in [0, 0.1) is 5.82 Å². The second-order valence-corrected chi connectivity index (χ2v) is 8.63. The number of para-hydroxylation sites is 2. The van der Waals surface area contributed by atoms with E-state index in [0.717, 1.165) is 0 Å². The van der Waals surface area contributed by atoms with E-state index in [2.05, 4.69) is 5.32 Å². The van der Waals surface area contributed by atoms with Crippen molar-refractivity contribution in [1.82, 2.24) is 0 Å². The van der Waals surface area contributed by atoms with Crippen LogP contribution in [-0.4, -0.2) is 30.0 Å². The fourth-order valence-corrected chi connectivity index (χ4v) is 5.53. The first-order chi connectivity index (χ1) is 15.5. The van der Waals surface area contributed by atoms with Gasteiger partial charge in [0.2, 0.25) is 16.7 Å². The molecular weight excluding hydrogens is 429 g/mol. The second kappa shape index (κ2) is 7.80. The Hall–Kier alpha value is -3.65. The number of carbonyl (C=O) groups excluding carboxylic acids is 3. The monoisotopic (exact) mass is 447 g/mol. The summed E-state index contributed by atoms with van der Waals surface area (Å²) in [5.41, 5.74) is 2.33. The first kappa shape index (κ1) is 20.3. The van der Waals surface area contributed by atoms with Gasteiger partial charge in [-0.05, 0) is 42.5 Å². The Bertz CT molecular complexity index is 1220. The maximum Gasteiger partial charge on any atom is 0.269 e. The van der Waals surface area contributed by atoms with Crippen LogP contribution in [0.4, 0.5) is 21.5 Å². The van der Waals surface area contributed by atoms with Crippen LogP contribution in [0.15, 0.2) is 78.9 Å². The van der Waals surface area contributed by atoms with Crippen molar-refractivity contribution in [2.24, 2.45) is 0 Å². The lowest BCUT2D eigenvalue weighted by atomic mass is 10.0. The summed E-state index contributed by atoms with van der Waals surface area (Å²) in [6, 6.07) is 21.7. The first-order valence-corrected chi connectivity index (χ1v) is 11.0. The van der Waals surface area contributed by atoms with Crippen LogP contribution in [0.5, 0.6) is 0 Å². The number of hydrogen-bond acceptors (Lipinski definition) is 4. The number of amides is 3.